The van der Waals surface area contributed by atoms with Crippen LogP contribution >= 0.6 is 23.2 Å². The van der Waals surface area contributed by atoms with Gasteiger partial charge in [0.25, 0.3) is 0 Å². The van der Waals surface area contributed by atoms with Gasteiger partial charge in [0.2, 0.25) is 0 Å². The molecule has 2 aromatic carbocycles. The van der Waals surface area contributed by atoms with Crippen LogP contribution in [0, 0.1) is 5.41 Å². The molecule has 0 bridgehead atoms. The van der Waals surface area contributed by atoms with E-state index in [-0.39, 0.29) is 5.41 Å². The highest BCUT2D eigenvalue weighted by molar-refractivity contribution is 6.36. The monoisotopic (exact) mass is 440 g/mol. The van der Waals surface area contributed by atoms with E-state index in [2.05, 4.69) is 56.7 Å². The van der Waals surface area contributed by atoms with E-state index in [0.717, 1.165) is 49.5 Å². The first-order valence-electron chi connectivity index (χ1n) is 10.1. The number of likely N-dealkylation sites (tertiary alicyclic amines) is 1. The minimum absolute atomic E-state index is 0.136. The molecular formula is C23H22Cl2N4O. The molecule has 1 fully saturated rings. The van der Waals surface area contributed by atoms with Gasteiger partial charge in [-0.2, -0.15) is 15.4 Å². The Morgan fingerprint density at radius 2 is 1.97 bits per heavy atom. The summed E-state index contributed by atoms with van der Waals surface area (Å²) in [5, 5.41) is 12.4. The first-order valence-corrected chi connectivity index (χ1v) is 10.8. The molecule has 7 heteroatoms. The number of hydrogen-bond acceptors (Lipinski definition) is 4. The van der Waals surface area contributed by atoms with Gasteiger partial charge in [-0.3, -0.25) is 4.90 Å². The van der Waals surface area contributed by atoms with Crippen LogP contribution in [0.5, 0.6) is 0 Å². The molecule has 1 atom stereocenters. The van der Waals surface area contributed by atoms with Gasteiger partial charge in [-0.25, -0.2) is 0 Å². The fraction of sp³-hybridized carbons (Fsp3) is 0.304. The lowest BCUT2D eigenvalue weighted by Crippen LogP contribution is -2.34. The van der Waals surface area contributed by atoms with Crippen molar-refractivity contribution in [2.24, 2.45) is 5.41 Å². The summed E-state index contributed by atoms with van der Waals surface area (Å²) in [6.07, 6.45) is 4.39. The SMILES string of the molecule is Clc1ccc(-c2n[nH]nc2COC2=CCC23CCN(Cc2ccccc2)C3)c(Cl)c1. The maximum atomic E-state index is 6.35. The molecular weight excluding hydrogens is 419 g/mol. The van der Waals surface area contributed by atoms with Crippen LogP contribution < -0.4 is 0 Å². The molecule has 3 aromatic rings. The van der Waals surface area contributed by atoms with Gasteiger partial charge in [0.1, 0.15) is 23.8 Å². The molecule has 0 radical (unpaired) electrons. The lowest BCUT2D eigenvalue weighted by atomic mass is 9.73. The average molecular weight is 441 g/mol. The molecule has 5 rings (SSSR count). The minimum atomic E-state index is 0.136. The Kier molecular flexibility index (Phi) is 5.27. The van der Waals surface area contributed by atoms with Crippen molar-refractivity contribution < 1.29 is 4.74 Å². The summed E-state index contributed by atoms with van der Waals surface area (Å²) in [6, 6.07) is 16.0. The number of H-pyrrole nitrogens is 1. The summed E-state index contributed by atoms with van der Waals surface area (Å²) in [5.41, 5.74) is 3.72. The van der Waals surface area contributed by atoms with Gasteiger partial charge in [0.05, 0.1) is 5.02 Å². The molecule has 1 N–H and O–H groups in total. The third kappa shape index (κ3) is 3.73. The van der Waals surface area contributed by atoms with Crippen LogP contribution in [-0.4, -0.2) is 33.4 Å². The van der Waals surface area contributed by atoms with Gasteiger partial charge in [-0.15, -0.1) is 0 Å². The largest absolute Gasteiger partial charge is 0.491 e. The van der Waals surface area contributed by atoms with Crippen LogP contribution in [0.4, 0.5) is 0 Å². The van der Waals surface area contributed by atoms with Crippen molar-refractivity contribution >= 4 is 23.2 Å². The average Bonchev–Trinajstić information content (AvgIpc) is 3.37. The predicted molar refractivity (Wildman–Crippen MR) is 118 cm³/mol. The van der Waals surface area contributed by atoms with Crippen molar-refractivity contribution in [3.05, 3.63) is 81.7 Å². The summed E-state index contributed by atoms with van der Waals surface area (Å²) >= 11 is 12.4. The highest BCUT2D eigenvalue weighted by Gasteiger charge is 2.46. The van der Waals surface area contributed by atoms with Gasteiger partial charge in [0, 0.05) is 29.1 Å². The zero-order valence-electron chi connectivity index (χ0n) is 16.4. The predicted octanol–water partition coefficient (Wildman–Crippen LogP) is 5.48. The molecule has 2 heterocycles. The number of benzene rings is 2. The van der Waals surface area contributed by atoms with Crippen LogP contribution in [0.2, 0.25) is 10.0 Å². The third-order valence-corrected chi connectivity index (χ3v) is 6.60. The Morgan fingerprint density at radius 1 is 1.10 bits per heavy atom. The van der Waals surface area contributed by atoms with E-state index in [4.69, 9.17) is 27.9 Å². The van der Waals surface area contributed by atoms with Crippen molar-refractivity contribution in [2.75, 3.05) is 13.1 Å². The molecule has 2 aliphatic rings. The number of rotatable bonds is 6. The maximum absolute atomic E-state index is 6.35. The van der Waals surface area contributed by atoms with Gasteiger partial charge in [0.15, 0.2) is 0 Å². The third-order valence-electron chi connectivity index (χ3n) is 6.05. The minimum Gasteiger partial charge on any atom is -0.491 e. The fourth-order valence-electron chi connectivity index (χ4n) is 4.39. The number of halogens is 2. The summed E-state index contributed by atoms with van der Waals surface area (Å²) in [4.78, 5) is 2.51. The van der Waals surface area contributed by atoms with Crippen molar-refractivity contribution in [1.29, 1.82) is 0 Å². The van der Waals surface area contributed by atoms with Crippen LogP contribution in [0.15, 0.2) is 60.4 Å². The molecule has 1 saturated heterocycles. The van der Waals surface area contributed by atoms with Crippen LogP contribution in [0.1, 0.15) is 24.1 Å². The quantitative estimate of drug-likeness (QED) is 0.551. The number of allylic oxidation sites excluding steroid dienone is 1. The Balaban J connectivity index is 1.24. The van der Waals surface area contributed by atoms with E-state index in [9.17, 15) is 0 Å². The molecule has 30 heavy (non-hydrogen) atoms. The van der Waals surface area contributed by atoms with E-state index in [1.54, 1.807) is 12.1 Å². The maximum Gasteiger partial charge on any atom is 0.134 e. The first-order chi connectivity index (χ1) is 14.6. The van der Waals surface area contributed by atoms with Gasteiger partial charge in [-0.1, -0.05) is 53.5 Å². The lowest BCUT2D eigenvalue weighted by Gasteiger charge is -2.38. The van der Waals surface area contributed by atoms with Crippen LogP contribution in [-0.2, 0) is 17.9 Å². The van der Waals surface area contributed by atoms with E-state index in [1.165, 1.54) is 5.56 Å². The lowest BCUT2D eigenvalue weighted by molar-refractivity contribution is 0.0885. The van der Waals surface area contributed by atoms with Gasteiger partial charge >= 0.3 is 0 Å². The van der Waals surface area contributed by atoms with Crippen LogP contribution in [0.3, 0.4) is 0 Å². The summed E-state index contributed by atoms with van der Waals surface area (Å²) < 4.78 is 6.23. The Bertz CT molecular complexity index is 1080. The van der Waals surface area contributed by atoms with E-state index >= 15 is 0 Å². The Hall–Kier alpha value is -2.34. The highest BCUT2D eigenvalue weighted by Crippen LogP contribution is 2.49. The second-order valence-electron chi connectivity index (χ2n) is 8.03. The molecule has 154 valence electrons. The molecule has 1 aromatic heterocycles. The summed E-state index contributed by atoms with van der Waals surface area (Å²) in [7, 11) is 0. The zero-order valence-corrected chi connectivity index (χ0v) is 18.0. The molecule has 5 nitrogen and oxygen atoms in total. The zero-order chi connectivity index (χ0) is 20.6. The smallest absolute Gasteiger partial charge is 0.134 e. The highest BCUT2D eigenvalue weighted by atomic mass is 35.5. The fourth-order valence-corrected chi connectivity index (χ4v) is 4.88. The number of ether oxygens (including phenoxy) is 1. The standard InChI is InChI=1S/C23H22Cl2N4O/c24-17-6-7-18(19(25)12-17)22-20(26-28-27-22)14-30-21-8-9-23(21)10-11-29(15-23)13-16-4-2-1-3-5-16/h1-8,12H,9-11,13-15H2,(H,26,27,28). The van der Waals surface area contributed by atoms with Crippen molar-refractivity contribution in [3.8, 4) is 11.3 Å². The second-order valence-corrected chi connectivity index (χ2v) is 8.87. The number of nitrogens with one attached hydrogen (secondary N) is 1. The van der Waals surface area contributed by atoms with E-state index in [1.807, 2.05) is 6.07 Å². The second kappa shape index (κ2) is 8.06. The first kappa shape index (κ1) is 19.6. The van der Waals surface area contributed by atoms with E-state index < -0.39 is 0 Å². The van der Waals surface area contributed by atoms with E-state index in [0.29, 0.717) is 22.3 Å². The van der Waals surface area contributed by atoms with Crippen molar-refractivity contribution in [1.82, 2.24) is 20.3 Å². The summed E-state index contributed by atoms with van der Waals surface area (Å²) in [6.45, 7) is 3.46. The van der Waals surface area contributed by atoms with Gasteiger partial charge < -0.3 is 4.74 Å². The molecule has 0 amide bonds. The van der Waals surface area contributed by atoms with Crippen LogP contribution in [0.25, 0.3) is 11.3 Å². The molecule has 0 saturated carbocycles. The van der Waals surface area contributed by atoms with Crippen molar-refractivity contribution in [3.63, 3.8) is 0 Å². The number of aromatic amines is 1. The topological polar surface area (TPSA) is 54.0 Å². The number of hydrogen-bond donors (Lipinski definition) is 1. The van der Waals surface area contributed by atoms with Crippen molar-refractivity contribution in [2.45, 2.75) is 26.0 Å². The number of nitrogens with zero attached hydrogens (tertiary/aromatic N) is 3. The Morgan fingerprint density at radius 3 is 2.73 bits per heavy atom. The molecule has 1 spiro atoms. The molecule has 1 unspecified atom stereocenters. The van der Waals surface area contributed by atoms with Gasteiger partial charge in [-0.05, 0) is 49.2 Å². The normalized spacial score (nSPS) is 20.9. The Labute approximate surface area is 185 Å². The molecule has 1 aliphatic carbocycles. The number of aromatic nitrogens is 3. The molecule has 1 aliphatic heterocycles. The summed E-state index contributed by atoms with van der Waals surface area (Å²) in [5.74, 6) is 1.08.